The zero-order chi connectivity index (χ0) is 20.4. The molecule has 1 aliphatic rings. The summed E-state index contributed by atoms with van der Waals surface area (Å²) >= 11 is 2.99. The number of piperidine rings is 1. The molecule has 3 aromatic heterocycles. The van der Waals surface area contributed by atoms with E-state index in [2.05, 4.69) is 10.3 Å². The van der Waals surface area contributed by atoms with Gasteiger partial charge in [-0.05, 0) is 24.3 Å². The summed E-state index contributed by atoms with van der Waals surface area (Å²) in [4.78, 5) is 44.7. The molecule has 2 amide bonds. The maximum atomic E-state index is 13.0. The van der Waals surface area contributed by atoms with Gasteiger partial charge in [0.1, 0.15) is 11.4 Å². The van der Waals surface area contributed by atoms with Crippen molar-refractivity contribution in [3.8, 4) is 10.4 Å². The number of nitrogens with zero attached hydrogens (tertiary/aromatic N) is 3. The van der Waals surface area contributed by atoms with Gasteiger partial charge in [-0.15, -0.1) is 22.7 Å². The molecule has 152 valence electrons. The molecule has 0 bridgehead atoms. The van der Waals surface area contributed by atoms with Crippen LogP contribution in [-0.4, -0.2) is 52.7 Å². The predicted octanol–water partition coefficient (Wildman–Crippen LogP) is 2.53. The van der Waals surface area contributed by atoms with E-state index in [1.807, 2.05) is 22.9 Å². The molecule has 0 spiro atoms. The van der Waals surface area contributed by atoms with Crippen LogP contribution in [0.3, 0.4) is 0 Å². The number of hydrogen-bond donors (Lipinski definition) is 1. The lowest BCUT2D eigenvalue weighted by Gasteiger charge is -2.31. The third-order valence-corrected chi connectivity index (χ3v) is 6.74. The fourth-order valence-electron chi connectivity index (χ4n) is 3.46. The number of carbonyl (C=O) groups is 2. The van der Waals surface area contributed by atoms with E-state index in [-0.39, 0.29) is 30.1 Å². The summed E-state index contributed by atoms with van der Waals surface area (Å²) in [5.74, 6) is -0.238. The Morgan fingerprint density at radius 2 is 2.10 bits per heavy atom. The van der Waals surface area contributed by atoms with Gasteiger partial charge in [0.15, 0.2) is 0 Å². The van der Waals surface area contributed by atoms with Crippen molar-refractivity contribution in [3.05, 3.63) is 39.6 Å². The molecule has 0 unspecified atom stereocenters. The van der Waals surface area contributed by atoms with Crippen LogP contribution >= 0.6 is 22.7 Å². The lowest BCUT2D eigenvalue weighted by molar-refractivity contribution is -0.122. The van der Waals surface area contributed by atoms with E-state index in [4.69, 9.17) is 4.74 Å². The van der Waals surface area contributed by atoms with Crippen LogP contribution in [0.25, 0.3) is 20.7 Å². The largest absolute Gasteiger partial charge is 0.453 e. The topological polar surface area (TPSA) is 93.5 Å². The highest BCUT2D eigenvalue weighted by molar-refractivity contribution is 7.18. The van der Waals surface area contributed by atoms with Crippen molar-refractivity contribution in [2.75, 3.05) is 20.2 Å². The molecule has 1 fully saturated rings. The molecule has 0 saturated carbocycles. The molecule has 0 radical (unpaired) electrons. The summed E-state index contributed by atoms with van der Waals surface area (Å²) in [6, 6.07) is 3.88. The van der Waals surface area contributed by atoms with E-state index >= 15 is 0 Å². The Morgan fingerprint density at radius 3 is 2.79 bits per heavy atom. The first-order chi connectivity index (χ1) is 14.1. The minimum Gasteiger partial charge on any atom is -0.453 e. The van der Waals surface area contributed by atoms with E-state index in [1.165, 1.54) is 29.3 Å². The Kier molecular flexibility index (Phi) is 5.63. The Bertz CT molecular complexity index is 1080. The van der Waals surface area contributed by atoms with Gasteiger partial charge in [-0.2, -0.15) is 0 Å². The first-order valence-corrected chi connectivity index (χ1v) is 11.0. The third-order valence-electron chi connectivity index (χ3n) is 4.95. The maximum absolute atomic E-state index is 13.0. The molecular formula is C19H20N4O4S2. The summed E-state index contributed by atoms with van der Waals surface area (Å²) in [7, 11) is 1.36. The van der Waals surface area contributed by atoms with Crippen molar-refractivity contribution in [2.24, 2.45) is 0 Å². The van der Waals surface area contributed by atoms with Crippen LogP contribution in [0.5, 0.6) is 0 Å². The van der Waals surface area contributed by atoms with Crippen molar-refractivity contribution in [2.45, 2.75) is 25.4 Å². The van der Waals surface area contributed by atoms with Gasteiger partial charge >= 0.3 is 6.09 Å². The number of nitrogens with one attached hydrogen (secondary N) is 1. The lowest BCUT2D eigenvalue weighted by atomic mass is 10.1. The van der Waals surface area contributed by atoms with E-state index < -0.39 is 0 Å². The maximum Gasteiger partial charge on any atom is 0.409 e. The highest BCUT2D eigenvalue weighted by atomic mass is 32.1. The van der Waals surface area contributed by atoms with Crippen molar-refractivity contribution in [1.82, 2.24) is 19.8 Å². The first kappa shape index (κ1) is 19.6. The molecule has 4 heterocycles. The van der Waals surface area contributed by atoms with Crippen molar-refractivity contribution >= 4 is 44.9 Å². The molecular weight excluding hydrogens is 412 g/mol. The molecule has 0 aromatic carbocycles. The van der Waals surface area contributed by atoms with E-state index in [0.29, 0.717) is 36.1 Å². The Morgan fingerprint density at radius 1 is 1.31 bits per heavy atom. The smallest absolute Gasteiger partial charge is 0.409 e. The number of amides is 2. The summed E-state index contributed by atoms with van der Waals surface area (Å²) in [6.07, 6.45) is 2.39. The predicted molar refractivity (Wildman–Crippen MR) is 112 cm³/mol. The van der Waals surface area contributed by atoms with Gasteiger partial charge in [0, 0.05) is 35.0 Å². The Balaban J connectivity index is 1.45. The minimum absolute atomic E-state index is 0.0291. The lowest BCUT2D eigenvalue weighted by Crippen LogP contribution is -2.47. The molecule has 3 aromatic rings. The number of thiophene rings is 2. The van der Waals surface area contributed by atoms with Crippen LogP contribution in [0.1, 0.15) is 12.8 Å². The highest BCUT2D eigenvalue weighted by Gasteiger charge is 2.24. The zero-order valence-electron chi connectivity index (χ0n) is 15.8. The number of carbonyl (C=O) groups excluding carboxylic acids is 2. The molecule has 10 heteroatoms. The van der Waals surface area contributed by atoms with Crippen molar-refractivity contribution in [1.29, 1.82) is 0 Å². The second-order valence-corrected chi connectivity index (χ2v) is 8.59. The molecule has 4 rings (SSSR count). The number of aromatic nitrogens is 2. The third kappa shape index (κ3) is 4.03. The molecule has 8 nitrogen and oxygen atoms in total. The average molecular weight is 433 g/mol. The monoisotopic (exact) mass is 432 g/mol. The van der Waals surface area contributed by atoms with Crippen LogP contribution in [0.2, 0.25) is 0 Å². The second kappa shape index (κ2) is 8.34. The summed E-state index contributed by atoms with van der Waals surface area (Å²) in [6.45, 7) is 0.979. The number of hydrogen-bond acceptors (Lipinski definition) is 7. The van der Waals surface area contributed by atoms with Gasteiger partial charge in [-0.1, -0.05) is 6.07 Å². The van der Waals surface area contributed by atoms with Gasteiger partial charge < -0.3 is 15.0 Å². The number of methoxy groups -OCH3 is 1. The number of likely N-dealkylation sites (tertiary alicyclic amines) is 1. The minimum atomic E-state index is -0.349. The molecule has 1 aliphatic heterocycles. The highest BCUT2D eigenvalue weighted by Crippen LogP contribution is 2.33. The summed E-state index contributed by atoms with van der Waals surface area (Å²) in [5, 5.41) is 7.41. The molecule has 1 saturated heterocycles. The second-order valence-electron chi connectivity index (χ2n) is 6.78. The van der Waals surface area contributed by atoms with Crippen LogP contribution in [0, 0.1) is 0 Å². The van der Waals surface area contributed by atoms with Crippen LogP contribution in [0.15, 0.2) is 34.0 Å². The van der Waals surface area contributed by atoms with E-state index in [0.717, 1.165) is 10.4 Å². The average Bonchev–Trinajstić information content (AvgIpc) is 3.40. The number of ether oxygens (including phenoxy) is 1. The Labute approximate surface area is 174 Å². The quantitative estimate of drug-likeness (QED) is 0.684. The normalized spacial score (nSPS) is 14.9. The summed E-state index contributed by atoms with van der Waals surface area (Å²) in [5.41, 5.74) is 0.651. The van der Waals surface area contributed by atoms with Crippen LogP contribution in [-0.2, 0) is 16.1 Å². The molecule has 29 heavy (non-hydrogen) atoms. The van der Waals surface area contributed by atoms with Gasteiger partial charge in [-0.3, -0.25) is 14.2 Å². The van der Waals surface area contributed by atoms with Crippen molar-refractivity contribution in [3.63, 3.8) is 0 Å². The molecule has 0 aliphatic carbocycles. The van der Waals surface area contributed by atoms with Gasteiger partial charge in [-0.25, -0.2) is 9.78 Å². The SMILES string of the molecule is COC(=O)N1CCC(NC(=O)Cn2cnc3scc(-c4cccs4)c3c2=O)CC1. The zero-order valence-corrected chi connectivity index (χ0v) is 17.4. The molecule has 0 atom stereocenters. The van der Waals surface area contributed by atoms with Gasteiger partial charge in [0.2, 0.25) is 5.91 Å². The van der Waals surface area contributed by atoms with Gasteiger partial charge in [0.05, 0.1) is 18.8 Å². The standard InChI is InChI=1S/C19H20N4O4S2/c1-27-19(26)22-6-4-12(5-7-22)21-15(24)9-23-11-20-17-16(18(23)25)13(10-29-17)14-3-2-8-28-14/h2-3,8,10-12H,4-7,9H2,1H3,(H,21,24). The first-order valence-electron chi connectivity index (χ1n) is 9.19. The van der Waals surface area contributed by atoms with E-state index in [1.54, 1.807) is 16.2 Å². The molecule has 1 N–H and O–H groups in total. The fraction of sp³-hybridized carbons (Fsp3) is 0.368. The summed E-state index contributed by atoms with van der Waals surface area (Å²) < 4.78 is 6.07. The van der Waals surface area contributed by atoms with Crippen LogP contribution < -0.4 is 10.9 Å². The fourth-order valence-corrected chi connectivity index (χ4v) is 5.18. The number of fused-ring (bicyclic) bond motifs is 1. The Hall–Kier alpha value is -2.72. The van der Waals surface area contributed by atoms with E-state index in [9.17, 15) is 14.4 Å². The van der Waals surface area contributed by atoms with Crippen molar-refractivity contribution < 1.29 is 14.3 Å². The number of rotatable bonds is 4. The van der Waals surface area contributed by atoms with Gasteiger partial charge in [0.25, 0.3) is 5.56 Å². The van der Waals surface area contributed by atoms with Crippen LogP contribution in [0.4, 0.5) is 4.79 Å².